The van der Waals surface area contributed by atoms with Crippen LogP contribution in [0.3, 0.4) is 0 Å². The first-order valence-corrected chi connectivity index (χ1v) is 34.4. The van der Waals surface area contributed by atoms with Crippen LogP contribution in [-0.4, -0.2) is 107 Å². The highest BCUT2D eigenvalue weighted by Gasteiger charge is 2.29. The Hall–Kier alpha value is -8.96. The monoisotopic (exact) mass is 1440 g/mol. The summed E-state index contributed by atoms with van der Waals surface area (Å²) in [6.07, 6.45) is 0. The van der Waals surface area contributed by atoms with Crippen molar-refractivity contribution in [3.05, 3.63) is 125 Å². The first-order valence-electron chi connectivity index (χ1n) is 24.1. The number of nitro benzene ring substituents is 1. The average Bonchev–Trinajstić information content (AvgIpc) is 0.753. The maximum Gasteiger partial charge on any atom is 0.397 e. The fourth-order valence-corrected chi connectivity index (χ4v) is 13.6. The predicted molar refractivity (Wildman–Crippen MR) is 320 cm³/mol. The highest BCUT2D eigenvalue weighted by atomic mass is 32.3. The van der Waals surface area contributed by atoms with Crippen molar-refractivity contribution in [3.63, 3.8) is 0 Å². The number of phenolic OH excluding ortho intramolecular Hbond substituents is 2. The van der Waals surface area contributed by atoms with Crippen LogP contribution >= 0.6 is 24.1 Å². The van der Waals surface area contributed by atoms with Crippen LogP contribution in [0.2, 0.25) is 0 Å². The molecule has 0 heterocycles. The summed E-state index contributed by atoms with van der Waals surface area (Å²) in [6, 6.07) is 19.2. The molecule has 0 aliphatic carbocycles. The lowest BCUT2D eigenvalue weighted by molar-refractivity contribution is -0.432. The molecule has 0 aliphatic rings. The van der Waals surface area contributed by atoms with Crippen molar-refractivity contribution in [2.24, 2.45) is 40.9 Å². The van der Waals surface area contributed by atoms with Crippen LogP contribution < -0.4 is 16.2 Å². The van der Waals surface area contributed by atoms with Crippen LogP contribution in [0.1, 0.15) is 0 Å². The number of fused-ring (bicyclic) bond motifs is 2. The van der Waals surface area contributed by atoms with E-state index in [4.69, 9.17) is 26.5 Å². The van der Waals surface area contributed by atoms with Crippen LogP contribution in [-0.2, 0) is 83.5 Å². The number of rotatable bonds is 26. The van der Waals surface area contributed by atoms with E-state index in [1.54, 1.807) is 0 Å². The molecule has 13 N–H and O–H groups in total. The number of azo groups is 4. The van der Waals surface area contributed by atoms with E-state index in [1.165, 1.54) is 36.4 Å². The number of hydrogen-bond acceptors (Lipinski definition) is 35. The van der Waals surface area contributed by atoms with Gasteiger partial charge >= 0.3 is 10.4 Å². The quantitative estimate of drug-likeness (QED) is 0.00456. The number of nitro groups is 1. The van der Waals surface area contributed by atoms with Crippen molar-refractivity contribution in [1.29, 1.82) is 0 Å². The van der Waals surface area contributed by atoms with Gasteiger partial charge in [0, 0.05) is 23.2 Å². The van der Waals surface area contributed by atoms with Crippen LogP contribution in [0.15, 0.2) is 190 Å². The van der Waals surface area contributed by atoms with Crippen LogP contribution in [0.5, 0.6) is 11.5 Å². The fraction of sp³-hybridized carbons (Fsp3) is 0.0435. The van der Waals surface area contributed by atoms with Gasteiger partial charge in [-0.25, -0.2) is 31.5 Å². The molecule has 39 nitrogen and oxygen atoms in total. The van der Waals surface area contributed by atoms with Gasteiger partial charge in [-0.15, -0.1) is 34.2 Å². The lowest BCUT2D eigenvalue weighted by Gasteiger charge is -2.14. The Morgan fingerprint density at radius 2 is 1.00 bits per heavy atom. The van der Waals surface area contributed by atoms with Gasteiger partial charge in [0.15, 0.2) is 21.3 Å². The first-order chi connectivity index (χ1) is 43.5. The molecule has 0 saturated heterocycles. The molecule has 8 aromatic carbocycles. The second-order valence-electron chi connectivity index (χ2n) is 17.9. The summed E-state index contributed by atoms with van der Waals surface area (Å²) in [7, 11) is -30.0. The van der Waals surface area contributed by atoms with E-state index in [2.05, 4.69) is 68.6 Å². The Morgan fingerprint density at radius 1 is 0.516 bits per heavy atom. The molecular formula is C46H36N12O27S8. The lowest BCUT2D eigenvalue weighted by Crippen LogP contribution is -2.16. The maximum atomic E-state index is 13.6. The van der Waals surface area contributed by atoms with E-state index in [0.29, 0.717) is 18.2 Å². The van der Waals surface area contributed by atoms with Crippen molar-refractivity contribution in [2.45, 2.75) is 34.3 Å². The highest BCUT2D eigenvalue weighted by Crippen LogP contribution is 2.52. The molecule has 0 spiro atoms. The number of nitrogens with zero attached hydrogens (tertiary/aromatic N) is 9. The van der Waals surface area contributed by atoms with E-state index in [0.717, 1.165) is 60.7 Å². The van der Waals surface area contributed by atoms with E-state index >= 15 is 0 Å². The molecule has 490 valence electrons. The van der Waals surface area contributed by atoms with Gasteiger partial charge in [0.25, 0.3) is 46.1 Å². The molecule has 47 heteroatoms. The predicted octanol–water partition coefficient (Wildman–Crippen LogP) is 10.1. The summed E-state index contributed by atoms with van der Waals surface area (Å²) in [5, 5.41) is 88.6. The Morgan fingerprint density at radius 3 is 1.52 bits per heavy atom. The number of aromatic hydroxyl groups is 2. The number of sulfonamides is 1. The molecule has 0 atom stereocenters. The zero-order chi connectivity index (χ0) is 68.2. The number of sulfone groups is 1. The number of nitrogen functional groups attached to an aromatic ring is 2. The zero-order valence-electron chi connectivity index (χ0n) is 45.2. The molecule has 93 heavy (non-hydrogen) atoms. The van der Waals surface area contributed by atoms with Crippen LogP contribution in [0, 0.1) is 10.1 Å². The number of nitrogens with two attached hydrogens (primary N) is 2. The standard InChI is InChI=1S/C46H36N12O27S8/c47-40-32(53-52-31-14-13-29(19-36(31)91(72,73)74)88(65,66)16-15-81-93(78,79)80)21-35(90(69,70)71)30-20-34(87-85-83-64)43(46(60)39(30)40)55-49-23-1-3-26(4-2-23)57-89(67,68)28-11-7-25(8-12-28)51-56-44-37(92(75,76)77)18-22-17-33(86-84-82-63)42(45(59)38(22)41(44)48)54-50-24-5-9-27(10-6-24)58(61)62/h1-14,17-21,57,59-60,63-64H,15-16,47-48H2,(H,69,70,71)(H,72,73,74)(H,75,76,77)(H,78,79,80)/b53-52+,54-50+,55-49+,56-51+. The van der Waals surface area contributed by atoms with Gasteiger partial charge in [-0.1, -0.05) is 10.1 Å². The third-order valence-corrected chi connectivity index (χ3v) is 19.5. The van der Waals surface area contributed by atoms with E-state index < -0.39 is 164 Å². The average molecular weight is 1450 g/mol. The number of nitrogens with one attached hydrogen (secondary N) is 1. The maximum absolute atomic E-state index is 13.6. The van der Waals surface area contributed by atoms with Gasteiger partial charge < -0.3 is 21.7 Å². The van der Waals surface area contributed by atoms with E-state index in [9.17, 15) is 84.5 Å². The SMILES string of the molecule is Nc1c(/N=N/c2ccc(S(=O)(=O)Nc3ccc(/N=N/c4c(SOOO)cc5c(S(=O)(=O)O)cc(/N=N/c6ccc(S(=O)(=O)CCOS(=O)(=O)O)cc6S(=O)(=O)O)c(N)c5c4O)cc3)cc2)c(S(=O)(=O)O)cc2cc(SOOO)c(/N=N/c3ccc([N+](=O)[O-])cc3)c(O)c12. The second kappa shape index (κ2) is 27.7. The summed E-state index contributed by atoms with van der Waals surface area (Å²) in [5.74, 6) is -2.96. The van der Waals surface area contributed by atoms with Gasteiger partial charge in [0.1, 0.15) is 43.1 Å². The number of hydrogen-bond donors (Lipinski definition) is 11. The third kappa shape index (κ3) is 16.6. The van der Waals surface area contributed by atoms with E-state index in [1.807, 2.05) is 0 Å². The summed E-state index contributed by atoms with van der Waals surface area (Å²) in [6.45, 7) is -1.12. The van der Waals surface area contributed by atoms with Crippen molar-refractivity contribution in [1.82, 2.24) is 0 Å². The van der Waals surface area contributed by atoms with Crippen molar-refractivity contribution < 1.29 is 117 Å². The summed E-state index contributed by atoms with van der Waals surface area (Å²) >= 11 is 0.359. The Balaban J connectivity index is 1.05. The molecule has 0 aliphatic heterocycles. The van der Waals surface area contributed by atoms with Crippen molar-refractivity contribution >= 4 is 174 Å². The summed E-state index contributed by atoms with van der Waals surface area (Å²) in [5.41, 5.74) is 7.61. The van der Waals surface area contributed by atoms with Crippen molar-refractivity contribution in [2.75, 3.05) is 28.5 Å². The Labute approximate surface area is 529 Å². The second-order valence-corrected chi connectivity index (χ2v) is 28.4. The first kappa shape index (κ1) is 69.9. The molecule has 0 saturated carbocycles. The van der Waals surface area contributed by atoms with Gasteiger partial charge in [0.05, 0.1) is 100 Å². The molecule has 0 aromatic heterocycles. The molecule has 0 unspecified atom stereocenters. The number of non-ortho nitro benzene ring substituents is 1. The zero-order valence-corrected chi connectivity index (χ0v) is 51.7. The third-order valence-electron chi connectivity index (χ3n) is 12.0. The fourth-order valence-electron chi connectivity index (χ4n) is 7.96. The van der Waals surface area contributed by atoms with Gasteiger partial charge in [-0.05, 0) is 109 Å². The summed E-state index contributed by atoms with van der Waals surface area (Å²) < 4.78 is 205. The number of phenols is 2. The minimum atomic E-state index is -5.38. The lowest BCUT2D eigenvalue weighted by atomic mass is 10.0. The molecular weight excluding hydrogens is 1410 g/mol. The normalized spacial score (nSPS) is 13.0. The molecule has 0 fully saturated rings. The molecule has 8 rings (SSSR count). The molecule has 0 radical (unpaired) electrons. The minimum absolute atomic E-state index is 0.0584. The Bertz CT molecular complexity index is 5170. The number of benzene rings is 8. The van der Waals surface area contributed by atoms with Gasteiger partial charge in [0.2, 0.25) is 0 Å². The molecule has 0 bridgehead atoms. The van der Waals surface area contributed by atoms with E-state index in [-0.39, 0.29) is 73.1 Å². The van der Waals surface area contributed by atoms with Crippen LogP contribution in [0.25, 0.3) is 21.5 Å². The number of anilines is 3. The topological polar surface area (TPSA) is 619 Å². The highest BCUT2D eigenvalue weighted by molar-refractivity contribution is 7.95. The smallest absolute Gasteiger partial charge is 0.397 e. The van der Waals surface area contributed by atoms with Crippen LogP contribution in [0.4, 0.5) is 68.2 Å². The molecule has 8 aromatic rings. The Kier molecular flexibility index (Phi) is 20.8. The van der Waals surface area contributed by atoms with Gasteiger partial charge in [-0.2, -0.15) is 49.0 Å². The van der Waals surface area contributed by atoms with Crippen molar-refractivity contribution in [3.8, 4) is 11.5 Å². The van der Waals surface area contributed by atoms with Gasteiger partial charge in [-0.3, -0.25) is 33.0 Å². The largest absolute Gasteiger partial charge is 0.505 e. The summed E-state index contributed by atoms with van der Waals surface area (Å²) in [4.78, 5) is 5.44. The molecule has 0 amide bonds. The minimum Gasteiger partial charge on any atom is -0.505 e.